The molecular weight excluding hydrogens is 139 g/mol. The zero-order valence-electron chi connectivity index (χ0n) is 6.60. The SMILES string of the molecule is C1CCC(C2CCP2)CC1. The van der Waals surface area contributed by atoms with Crippen LogP contribution in [0.1, 0.15) is 38.5 Å². The molecule has 0 amide bonds. The van der Waals surface area contributed by atoms with E-state index in [-0.39, 0.29) is 0 Å². The van der Waals surface area contributed by atoms with Crippen molar-refractivity contribution in [3.05, 3.63) is 0 Å². The molecule has 0 aromatic rings. The van der Waals surface area contributed by atoms with Crippen LogP contribution in [0, 0.1) is 5.92 Å². The molecule has 1 heteroatoms. The predicted molar refractivity (Wildman–Crippen MR) is 48.2 cm³/mol. The van der Waals surface area contributed by atoms with Gasteiger partial charge in [0.05, 0.1) is 0 Å². The van der Waals surface area contributed by atoms with Crippen LogP contribution in [0.4, 0.5) is 0 Å². The Balaban J connectivity index is 1.78. The summed E-state index contributed by atoms with van der Waals surface area (Å²) in [5.74, 6) is 1.17. The van der Waals surface area contributed by atoms with Gasteiger partial charge in [0.25, 0.3) is 0 Å². The minimum atomic E-state index is 1.17. The monoisotopic (exact) mass is 156 g/mol. The first-order chi connectivity index (χ1) is 4.97. The highest BCUT2D eigenvalue weighted by Crippen LogP contribution is 2.44. The molecule has 1 aliphatic heterocycles. The maximum atomic E-state index is 1.57. The maximum absolute atomic E-state index is 1.57. The third-order valence-corrected chi connectivity index (χ3v) is 4.94. The van der Waals surface area contributed by atoms with E-state index < -0.39 is 0 Å². The van der Waals surface area contributed by atoms with E-state index in [1.54, 1.807) is 25.4 Å². The van der Waals surface area contributed by atoms with Crippen molar-refractivity contribution in [1.82, 2.24) is 0 Å². The smallest absolute Gasteiger partial charge is 0.0205 e. The molecule has 0 spiro atoms. The van der Waals surface area contributed by atoms with Gasteiger partial charge >= 0.3 is 0 Å². The summed E-state index contributed by atoms with van der Waals surface area (Å²) in [6, 6.07) is 0. The summed E-state index contributed by atoms with van der Waals surface area (Å²) in [4.78, 5) is 0. The fraction of sp³-hybridized carbons (Fsp3) is 1.00. The summed E-state index contributed by atoms with van der Waals surface area (Å²) in [6.45, 7) is 0. The molecule has 10 heavy (non-hydrogen) atoms. The molecule has 0 aromatic carbocycles. The van der Waals surface area contributed by atoms with Crippen molar-refractivity contribution in [2.45, 2.75) is 44.2 Å². The standard InChI is InChI=1S/C9H17P/c1-2-4-8(5-3-1)9-6-7-10-9/h8-10H,1-7H2. The van der Waals surface area contributed by atoms with Crippen LogP contribution in [-0.4, -0.2) is 11.8 Å². The van der Waals surface area contributed by atoms with Gasteiger partial charge in [0, 0.05) is 0 Å². The lowest BCUT2D eigenvalue weighted by Crippen LogP contribution is -2.25. The largest absolute Gasteiger partial charge is 0.119 e. The topological polar surface area (TPSA) is 0 Å². The molecule has 2 atom stereocenters. The molecule has 2 unspecified atom stereocenters. The van der Waals surface area contributed by atoms with E-state index in [9.17, 15) is 0 Å². The van der Waals surface area contributed by atoms with Crippen LogP contribution < -0.4 is 0 Å². The van der Waals surface area contributed by atoms with Crippen molar-refractivity contribution >= 4 is 8.58 Å². The van der Waals surface area contributed by atoms with Gasteiger partial charge in [-0.25, -0.2) is 0 Å². The highest BCUT2D eigenvalue weighted by atomic mass is 31.1. The Morgan fingerprint density at radius 2 is 1.60 bits per heavy atom. The predicted octanol–water partition coefficient (Wildman–Crippen LogP) is 3.02. The first-order valence-electron chi connectivity index (χ1n) is 4.70. The van der Waals surface area contributed by atoms with Gasteiger partial charge in [0.1, 0.15) is 0 Å². The molecule has 2 fully saturated rings. The lowest BCUT2D eigenvalue weighted by molar-refractivity contribution is 0.336. The van der Waals surface area contributed by atoms with E-state index in [2.05, 4.69) is 0 Å². The highest BCUT2D eigenvalue weighted by molar-refractivity contribution is 7.40. The van der Waals surface area contributed by atoms with Crippen LogP contribution in [-0.2, 0) is 0 Å². The molecule has 1 aliphatic carbocycles. The lowest BCUT2D eigenvalue weighted by Gasteiger charge is -2.36. The second-order valence-corrected chi connectivity index (χ2v) is 5.40. The van der Waals surface area contributed by atoms with Crippen molar-refractivity contribution in [2.75, 3.05) is 6.16 Å². The van der Waals surface area contributed by atoms with Gasteiger partial charge < -0.3 is 0 Å². The Labute approximate surface area is 65.6 Å². The minimum absolute atomic E-state index is 1.17. The molecule has 0 radical (unpaired) electrons. The Bertz CT molecular complexity index is 101. The van der Waals surface area contributed by atoms with Crippen molar-refractivity contribution in [1.29, 1.82) is 0 Å². The number of hydrogen-bond acceptors (Lipinski definition) is 0. The van der Waals surface area contributed by atoms with Crippen LogP contribution in [0.2, 0.25) is 0 Å². The van der Waals surface area contributed by atoms with Gasteiger partial charge in [-0.15, -0.1) is 8.58 Å². The summed E-state index contributed by atoms with van der Waals surface area (Å²) in [7, 11) is 1.34. The van der Waals surface area contributed by atoms with Gasteiger partial charge in [-0.05, 0) is 37.0 Å². The first kappa shape index (κ1) is 7.10. The summed E-state index contributed by atoms with van der Waals surface area (Å²) < 4.78 is 0. The molecular formula is C9H17P. The lowest BCUT2D eigenvalue weighted by atomic mass is 9.85. The highest BCUT2D eigenvalue weighted by Gasteiger charge is 2.27. The van der Waals surface area contributed by atoms with E-state index in [0.29, 0.717) is 0 Å². The molecule has 0 bridgehead atoms. The molecule has 58 valence electrons. The van der Waals surface area contributed by atoms with Gasteiger partial charge in [0.15, 0.2) is 0 Å². The molecule has 1 saturated heterocycles. The van der Waals surface area contributed by atoms with E-state index in [0.717, 1.165) is 0 Å². The third kappa shape index (κ3) is 1.37. The average Bonchev–Trinajstić information content (AvgIpc) is 1.86. The minimum Gasteiger partial charge on any atom is -0.119 e. The van der Waals surface area contributed by atoms with Crippen LogP contribution in [0.25, 0.3) is 0 Å². The second-order valence-electron chi connectivity index (χ2n) is 3.75. The molecule has 1 saturated carbocycles. The molecule has 0 nitrogen and oxygen atoms in total. The fourth-order valence-corrected chi connectivity index (χ4v) is 3.54. The second kappa shape index (κ2) is 3.22. The normalized spacial score (nSPS) is 37.8. The average molecular weight is 156 g/mol. The van der Waals surface area contributed by atoms with E-state index in [1.807, 2.05) is 0 Å². The summed E-state index contributed by atoms with van der Waals surface area (Å²) in [5.41, 5.74) is 1.19. The molecule has 2 rings (SSSR count). The van der Waals surface area contributed by atoms with Gasteiger partial charge in [-0.1, -0.05) is 19.3 Å². The van der Waals surface area contributed by atoms with Crippen molar-refractivity contribution in [3.8, 4) is 0 Å². The molecule has 0 aromatic heterocycles. The van der Waals surface area contributed by atoms with Crippen LogP contribution in [0.15, 0.2) is 0 Å². The third-order valence-electron chi connectivity index (χ3n) is 3.08. The van der Waals surface area contributed by atoms with Crippen molar-refractivity contribution in [2.24, 2.45) is 5.92 Å². The van der Waals surface area contributed by atoms with Crippen LogP contribution in [0.5, 0.6) is 0 Å². The van der Waals surface area contributed by atoms with Crippen LogP contribution >= 0.6 is 8.58 Å². The van der Waals surface area contributed by atoms with E-state index in [1.165, 1.54) is 39.4 Å². The quantitative estimate of drug-likeness (QED) is 0.512. The fourth-order valence-electron chi connectivity index (χ4n) is 2.25. The Hall–Kier alpha value is 0.430. The Morgan fingerprint density at radius 1 is 0.900 bits per heavy atom. The summed E-state index contributed by atoms with van der Waals surface area (Å²) >= 11 is 0. The maximum Gasteiger partial charge on any atom is -0.0205 e. The first-order valence-corrected chi connectivity index (χ1v) is 5.98. The van der Waals surface area contributed by atoms with E-state index >= 15 is 0 Å². The van der Waals surface area contributed by atoms with Gasteiger partial charge in [-0.2, -0.15) is 0 Å². The Kier molecular flexibility index (Phi) is 2.28. The number of rotatable bonds is 1. The molecule has 1 heterocycles. The molecule has 0 N–H and O–H groups in total. The molecule has 2 aliphatic rings. The zero-order chi connectivity index (χ0) is 6.81. The zero-order valence-corrected chi connectivity index (χ0v) is 7.60. The summed E-state index contributed by atoms with van der Waals surface area (Å²) in [6.07, 6.45) is 10.9. The Morgan fingerprint density at radius 3 is 2.10 bits per heavy atom. The van der Waals surface area contributed by atoms with E-state index in [4.69, 9.17) is 0 Å². The summed E-state index contributed by atoms with van der Waals surface area (Å²) in [5, 5.41) is 0. The van der Waals surface area contributed by atoms with Crippen molar-refractivity contribution in [3.63, 3.8) is 0 Å². The van der Waals surface area contributed by atoms with Gasteiger partial charge in [-0.3, -0.25) is 0 Å². The van der Waals surface area contributed by atoms with Gasteiger partial charge in [0.2, 0.25) is 0 Å². The number of hydrogen-bond donors (Lipinski definition) is 0. The van der Waals surface area contributed by atoms with Crippen molar-refractivity contribution < 1.29 is 0 Å². The van der Waals surface area contributed by atoms with Crippen LogP contribution in [0.3, 0.4) is 0 Å².